The number of β-amino-alcohol motifs (C(OH)–C–C–N with tert-alkyl or cyclic N) is 1. The van der Waals surface area contributed by atoms with Crippen molar-refractivity contribution in [2.75, 3.05) is 51.2 Å². The molecule has 1 aliphatic rings. The van der Waals surface area contributed by atoms with E-state index < -0.39 is 10.0 Å². The van der Waals surface area contributed by atoms with Crippen LogP contribution in [-0.4, -0.2) is 73.6 Å². The highest BCUT2D eigenvalue weighted by Gasteiger charge is 2.28. The Balaban J connectivity index is 2.04. The monoisotopic (exact) mass is 314 g/mol. The van der Waals surface area contributed by atoms with Gasteiger partial charge in [0.2, 0.25) is 10.0 Å². The molecule has 1 aliphatic heterocycles. The lowest BCUT2D eigenvalue weighted by molar-refractivity contribution is 0.151. The molecule has 0 saturated carbocycles. The summed E-state index contributed by atoms with van der Waals surface area (Å²) >= 11 is 0. The number of rotatable bonds is 6. The van der Waals surface area contributed by atoms with Gasteiger partial charge in [-0.2, -0.15) is 4.31 Å². The third-order valence-corrected chi connectivity index (χ3v) is 5.36. The van der Waals surface area contributed by atoms with Crippen LogP contribution in [-0.2, 0) is 10.0 Å². The van der Waals surface area contributed by atoms with Crippen molar-refractivity contribution in [3.05, 3.63) is 18.3 Å². The molecule has 0 radical (unpaired) electrons. The molecule has 0 spiro atoms. The smallest absolute Gasteiger partial charge is 0.244 e. The number of nitrogens with one attached hydrogen (secondary N) is 1. The number of hydrogen-bond donors (Lipinski definition) is 2. The van der Waals surface area contributed by atoms with Gasteiger partial charge in [0.25, 0.3) is 0 Å². The Labute approximate surface area is 125 Å². The van der Waals surface area contributed by atoms with E-state index in [4.69, 9.17) is 5.11 Å². The summed E-state index contributed by atoms with van der Waals surface area (Å²) < 4.78 is 26.5. The van der Waals surface area contributed by atoms with E-state index in [0.717, 1.165) is 6.54 Å². The topological polar surface area (TPSA) is 85.8 Å². The van der Waals surface area contributed by atoms with Crippen molar-refractivity contribution in [2.24, 2.45) is 0 Å². The molecule has 8 heteroatoms. The molecule has 2 heterocycles. The first kappa shape index (κ1) is 16.2. The highest BCUT2D eigenvalue weighted by molar-refractivity contribution is 7.89. The van der Waals surface area contributed by atoms with E-state index in [1.165, 1.54) is 10.5 Å². The maximum absolute atomic E-state index is 12.5. The summed E-state index contributed by atoms with van der Waals surface area (Å²) in [6, 6.07) is 3.26. The Morgan fingerprint density at radius 1 is 1.29 bits per heavy atom. The molecule has 1 aromatic heterocycles. The maximum Gasteiger partial charge on any atom is 0.244 e. The molecule has 0 unspecified atom stereocenters. The van der Waals surface area contributed by atoms with Crippen LogP contribution in [0.1, 0.15) is 6.92 Å². The first-order chi connectivity index (χ1) is 10.1. The number of anilines is 1. The van der Waals surface area contributed by atoms with Gasteiger partial charge >= 0.3 is 0 Å². The van der Waals surface area contributed by atoms with Gasteiger partial charge in [-0.25, -0.2) is 13.4 Å². The number of aliphatic hydroxyl groups excluding tert-OH is 1. The Morgan fingerprint density at radius 3 is 2.52 bits per heavy atom. The Kier molecular flexibility index (Phi) is 5.51. The number of sulfonamides is 1. The van der Waals surface area contributed by atoms with Crippen LogP contribution in [0.25, 0.3) is 0 Å². The van der Waals surface area contributed by atoms with Crippen LogP contribution in [0.2, 0.25) is 0 Å². The molecule has 1 aromatic rings. The van der Waals surface area contributed by atoms with Crippen LogP contribution in [0.15, 0.2) is 23.2 Å². The Bertz CT molecular complexity index is 539. The van der Waals surface area contributed by atoms with Crippen LogP contribution in [0.4, 0.5) is 5.82 Å². The predicted octanol–water partition coefficient (Wildman–Crippen LogP) is -0.188. The normalized spacial score (nSPS) is 17.8. The summed E-state index contributed by atoms with van der Waals surface area (Å²) in [4.78, 5) is 6.39. The second-order valence-electron chi connectivity index (χ2n) is 4.88. The fraction of sp³-hybridized carbons (Fsp3) is 0.615. The molecular weight excluding hydrogens is 292 g/mol. The lowest BCUT2D eigenvalue weighted by Gasteiger charge is -2.33. The molecule has 0 atom stereocenters. The largest absolute Gasteiger partial charge is 0.395 e. The lowest BCUT2D eigenvalue weighted by atomic mass is 10.4. The molecule has 7 nitrogen and oxygen atoms in total. The minimum atomic E-state index is -3.48. The number of pyridine rings is 1. The average Bonchev–Trinajstić information content (AvgIpc) is 2.49. The van der Waals surface area contributed by atoms with Crippen molar-refractivity contribution in [1.29, 1.82) is 0 Å². The van der Waals surface area contributed by atoms with E-state index in [-0.39, 0.29) is 11.5 Å². The second-order valence-corrected chi connectivity index (χ2v) is 6.82. The van der Waals surface area contributed by atoms with E-state index >= 15 is 0 Å². The van der Waals surface area contributed by atoms with Crippen LogP contribution < -0.4 is 5.32 Å². The fourth-order valence-electron chi connectivity index (χ4n) is 2.30. The van der Waals surface area contributed by atoms with E-state index in [2.05, 4.69) is 15.2 Å². The molecular formula is C13H22N4O3S. The molecule has 1 fully saturated rings. The summed E-state index contributed by atoms with van der Waals surface area (Å²) in [5, 5.41) is 11.9. The Hall–Kier alpha value is -1.22. The van der Waals surface area contributed by atoms with Gasteiger partial charge in [0.15, 0.2) is 0 Å². The first-order valence-corrected chi connectivity index (χ1v) is 8.55. The molecule has 118 valence electrons. The van der Waals surface area contributed by atoms with Gasteiger partial charge in [-0.1, -0.05) is 0 Å². The average molecular weight is 314 g/mol. The molecule has 0 aliphatic carbocycles. The van der Waals surface area contributed by atoms with Gasteiger partial charge in [-0.05, 0) is 19.1 Å². The fourth-order valence-corrected chi connectivity index (χ4v) is 3.67. The van der Waals surface area contributed by atoms with Gasteiger partial charge < -0.3 is 10.4 Å². The summed E-state index contributed by atoms with van der Waals surface area (Å²) in [6.07, 6.45) is 1.40. The van der Waals surface area contributed by atoms with Crippen molar-refractivity contribution in [3.63, 3.8) is 0 Å². The van der Waals surface area contributed by atoms with Crippen molar-refractivity contribution in [3.8, 4) is 0 Å². The summed E-state index contributed by atoms with van der Waals surface area (Å²) in [5.41, 5.74) is 0. The predicted molar refractivity (Wildman–Crippen MR) is 80.7 cm³/mol. The first-order valence-electron chi connectivity index (χ1n) is 7.11. The number of piperazine rings is 1. The van der Waals surface area contributed by atoms with Crippen molar-refractivity contribution < 1.29 is 13.5 Å². The van der Waals surface area contributed by atoms with Crippen molar-refractivity contribution in [1.82, 2.24) is 14.2 Å². The number of nitrogens with zero attached hydrogens (tertiary/aromatic N) is 3. The third kappa shape index (κ3) is 3.91. The van der Waals surface area contributed by atoms with Gasteiger partial charge in [-0.3, -0.25) is 4.90 Å². The molecule has 2 rings (SSSR count). The van der Waals surface area contributed by atoms with Gasteiger partial charge in [0, 0.05) is 45.5 Å². The van der Waals surface area contributed by atoms with E-state index in [9.17, 15) is 8.42 Å². The summed E-state index contributed by atoms with van der Waals surface area (Å²) in [6.45, 7) is 5.56. The van der Waals surface area contributed by atoms with Gasteiger partial charge in [0.1, 0.15) is 10.7 Å². The Morgan fingerprint density at radius 2 is 2.00 bits per heavy atom. The second kappa shape index (κ2) is 7.17. The maximum atomic E-state index is 12.5. The van der Waals surface area contributed by atoms with Gasteiger partial charge in [-0.15, -0.1) is 0 Å². The zero-order chi connectivity index (χ0) is 15.3. The number of hydrogen-bond acceptors (Lipinski definition) is 6. The van der Waals surface area contributed by atoms with Crippen LogP contribution >= 0.6 is 0 Å². The lowest BCUT2D eigenvalue weighted by Crippen LogP contribution is -2.49. The van der Waals surface area contributed by atoms with Crippen LogP contribution in [0, 0.1) is 0 Å². The molecule has 2 N–H and O–H groups in total. The third-order valence-electron chi connectivity index (χ3n) is 3.48. The van der Waals surface area contributed by atoms with E-state index in [1.807, 2.05) is 6.92 Å². The van der Waals surface area contributed by atoms with Crippen LogP contribution in [0.5, 0.6) is 0 Å². The highest BCUT2D eigenvalue weighted by atomic mass is 32.2. The molecule has 0 amide bonds. The standard InChI is InChI=1S/C13H22N4O3S/c1-2-14-13-4-3-12(11-15-13)21(19,20)17-7-5-16(6-8-17)9-10-18/h3-4,11,18H,2,5-10H2,1H3,(H,14,15). The minimum absolute atomic E-state index is 0.0998. The van der Waals surface area contributed by atoms with E-state index in [1.54, 1.807) is 12.1 Å². The zero-order valence-electron chi connectivity index (χ0n) is 12.2. The zero-order valence-corrected chi connectivity index (χ0v) is 13.0. The molecule has 21 heavy (non-hydrogen) atoms. The minimum Gasteiger partial charge on any atom is -0.395 e. The van der Waals surface area contributed by atoms with Gasteiger partial charge in [0.05, 0.1) is 6.61 Å². The molecule has 0 aromatic carbocycles. The highest BCUT2D eigenvalue weighted by Crippen LogP contribution is 2.18. The van der Waals surface area contributed by atoms with Crippen molar-refractivity contribution >= 4 is 15.8 Å². The SMILES string of the molecule is CCNc1ccc(S(=O)(=O)N2CCN(CCO)CC2)cn1. The molecule has 1 saturated heterocycles. The number of aliphatic hydroxyl groups is 1. The summed E-state index contributed by atoms with van der Waals surface area (Å²) in [7, 11) is -3.48. The van der Waals surface area contributed by atoms with Crippen LogP contribution in [0.3, 0.4) is 0 Å². The molecule has 0 bridgehead atoms. The van der Waals surface area contributed by atoms with E-state index in [0.29, 0.717) is 38.5 Å². The summed E-state index contributed by atoms with van der Waals surface area (Å²) in [5.74, 6) is 0.671. The van der Waals surface area contributed by atoms with Crippen molar-refractivity contribution in [2.45, 2.75) is 11.8 Å². The quantitative estimate of drug-likeness (QED) is 0.757. The number of aromatic nitrogens is 1.